The van der Waals surface area contributed by atoms with Gasteiger partial charge in [0.25, 0.3) is 5.91 Å². The zero-order chi connectivity index (χ0) is 19.4. The van der Waals surface area contributed by atoms with E-state index in [-0.39, 0.29) is 31.3 Å². The van der Waals surface area contributed by atoms with Gasteiger partial charge < -0.3 is 20.6 Å². The molecule has 2 aromatic rings. The van der Waals surface area contributed by atoms with E-state index in [1.54, 1.807) is 22.9 Å². The quantitative estimate of drug-likeness (QED) is 0.649. The molecule has 0 unspecified atom stereocenters. The number of amides is 3. The van der Waals surface area contributed by atoms with E-state index in [2.05, 4.69) is 15.7 Å². The first-order valence-electron chi connectivity index (χ1n) is 8.60. The van der Waals surface area contributed by atoms with E-state index >= 15 is 0 Å². The first-order valence-corrected chi connectivity index (χ1v) is 8.60. The molecule has 0 saturated carbocycles. The summed E-state index contributed by atoms with van der Waals surface area (Å²) in [5, 5.41) is 18.1. The van der Waals surface area contributed by atoms with Gasteiger partial charge in [-0.2, -0.15) is 5.10 Å². The molecule has 0 radical (unpaired) electrons. The topological polar surface area (TPSA) is 117 Å². The SMILES string of the molecule is Cc1ccc(NC(=O)C(=O)N2CCn3nc(C(=O)NCCO)cc3C2)cc1. The molecule has 0 fully saturated rings. The second-order valence-electron chi connectivity index (χ2n) is 6.27. The Hall–Kier alpha value is -3.20. The van der Waals surface area contributed by atoms with Gasteiger partial charge in [0, 0.05) is 18.8 Å². The van der Waals surface area contributed by atoms with Crippen LogP contribution in [-0.4, -0.2) is 57.2 Å². The number of fused-ring (bicyclic) bond motifs is 1. The van der Waals surface area contributed by atoms with Crippen LogP contribution >= 0.6 is 0 Å². The van der Waals surface area contributed by atoms with Gasteiger partial charge in [-0.25, -0.2) is 0 Å². The van der Waals surface area contributed by atoms with Crippen molar-refractivity contribution in [3.8, 4) is 0 Å². The Bertz CT molecular complexity index is 859. The number of nitrogens with zero attached hydrogens (tertiary/aromatic N) is 3. The lowest BCUT2D eigenvalue weighted by Crippen LogP contribution is -2.44. The normalized spacial score (nSPS) is 13.0. The number of hydrogen-bond donors (Lipinski definition) is 3. The molecule has 1 aromatic carbocycles. The Morgan fingerprint density at radius 1 is 1.19 bits per heavy atom. The van der Waals surface area contributed by atoms with Gasteiger partial charge in [0.15, 0.2) is 5.69 Å². The lowest BCUT2D eigenvalue weighted by atomic mass is 10.2. The van der Waals surface area contributed by atoms with Crippen molar-refractivity contribution in [2.45, 2.75) is 20.0 Å². The van der Waals surface area contributed by atoms with Crippen LogP contribution in [-0.2, 0) is 22.7 Å². The molecule has 2 heterocycles. The zero-order valence-corrected chi connectivity index (χ0v) is 14.9. The molecule has 1 aliphatic rings. The Morgan fingerprint density at radius 2 is 1.93 bits per heavy atom. The van der Waals surface area contributed by atoms with Gasteiger partial charge in [0.1, 0.15) is 0 Å². The predicted molar refractivity (Wildman–Crippen MR) is 96.9 cm³/mol. The van der Waals surface area contributed by atoms with E-state index in [0.717, 1.165) is 5.56 Å². The van der Waals surface area contributed by atoms with E-state index < -0.39 is 11.8 Å². The summed E-state index contributed by atoms with van der Waals surface area (Å²) in [4.78, 5) is 38.0. The molecule has 3 amide bonds. The van der Waals surface area contributed by atoms with Crippen molar-refractivity contribution in [3.63, 3.8) is 0 Å². The highest BCUT2D eigenvalue weighted by Gasteiger charge is 2.27. The Kier molecular flexibility index (Phi) is 5.51. The molecule has 3 rings (SSSR count). The summed E-state index contributed by atoms with van der Waals surface area (Å²) in [5.74, 6) is -1.72. The van der Waals surface area contributed by atoms with Crippen molar-refractivity contribution in [1.29, 1.82) is 0 Å². The molecular weight excluding hydrogens is 350 g/mol. The average molecular weight is 371 g/mol. The lowest BCUT2D eigenvalue weighted by molar-refractivity contribution is -0.144. The molecule has 0 saturated heterocycles. The summed E-state index contributed by atoms with van der Waals surface area (Å²) in [7, 11) is 0. The Labute approximate surface area is 156 Å². The monoisotopic (exact) mass is 371 g/mol. The maximum absolute atomic E-state index is 12.4. The van der Waals surface area contributed by atoms with Crippen LogP contribution in [0.5, 0.6) is 0 Å². The second-order valence-corrected chi connectivity index (χ2v) is 6.27. The van der Waals surface area contributed by atoms with Gasteiger partial charge in [0.2, 0.25) is 0 Å². The average Bonchev–Trinajstić information content (AvgIpc) is 3.10. The highest BCUT2D eigenvalue weighted by Crippen LogP contribution is 2.15. The number of aryl methyl sites for hydroxylation is 1. The maximum atomic E-state index is 12.4. The van der Waals surface area contributed by atoms with E-state index in [9.17, 15) is 14.4 Å². The van der Waals surface area contributed by atoms with Crippen LogP contribution in [0.3, 0.4) is 0 Å². The Balaban J connectivity index is 1.63. The summed E-state index contributed by atoms with van der Waals surface area (Å²) >= 11 is 0. The number of nitrogens with one attached hydrogen (secondary N) is 2. The number of carbonyl (C=O) groups excluding carboxylic acids is 3. The van der Waals surface area contributed by atoms with Crippen LogP contribution in [0.2, 0.25) is 0 Å². The largest absolute Gasteiger partial charge is 0.395 e. The van der Waals surface area contributed by atoms with E-state index in [0.29, 0.717) is 24.5 Å². The molecule has 0 atom stereocenters. The number of carbonyl (C=O) groups is 3. The van der Waals surface area contributed by atoms with Crippen LogP contribution < -0.4 is 10.6 Å². The molecule has 0 spiro atoms. The number of aliphatic hydroxyl groups is 1. The summed E-state index contributed by atoms with van der Waals surface area (Å²) in [5.41, 5.74) is 2.51. The fourth-order valence-corrected chi connectivity index (χ4v) is 2.78. The number of aromatic nitrogens is 2. The molecule has 0 aliphatic carbocycles. The van der Waals surface area contributed by atoms with Gasteiger partial charge in [0.05, 0.1) is 25.4 Å². The van der Waals surface area contributed by atoms with Gasteiger partial charge in [-0.3, -0.25) is 19.1 Å². The summed E-state index contributed by atoms with van der Waals surface area (Å²) in [6, 6.07) is 8.77. The highest BCUT2D eigenvalue weighted by atomic mass is 16.3. The van der Waals surface area contributed by atoms with Crippen molar-refractivity contribution in [1.82, 2.24) is 20.0 Å². The zero-order valence-electron chi connectivity index (χ0n) is 14.9. The van der Waals surface area contributed by atoms with Gasteiger partial charge in [-0.15, -0.1) is 0 Å². The molecule has 27 heavy (non-hydrogen) atoms. The smallest absolute Gasteiger partial charge is 0.313 e. The summed E-state index contributed by atoms with van der Waals surface area (Å²) in [6.07, 6.45) is 0. The first-order chi connectivity index (χ1) is 13.0. The number of rotatable bonds is 4. The van der Waals surface area contributed by atoms with Crippen molar-refractivity contribution in [3.05, 3.63) is 47.3 Å². The van der Waals surface area contributed by atoms with Crippen molar-refractivity contribution >= 4 is 23.4 Å². The van der Waals surface area contributed by atoms with Crippen LogP contribution in [0.4, 0.5) is 5.69 Å². The van der Waals surface area contributed by atoms with Crippen LogP contribution in [0.25, 0.3) is 0 Å². The fourth-order valence-electron chi connectivity index (χ4n) is 2.78. The van der Waals surface area contributed by atoms with Crippen LogP contribution in [0.15, 0.2) is 30.3 Å². The molecular formula is C18H21N5O4. The van der Waals surface area contributed by atoms with Gasteiger partial charge in [-0.1, -0.05) is 17.7 Å². The third-order valence-corrected chi connectivity index (χ3v) is 4.22. The minimum Gasteiger partial charge on any atom is -0.395 e. The molecule has 1 aliphatic heterocycles. The van der Waals surface area contributed by atoms with Crippen molar-refractivity contribution in [2.24, 2.45) is 0 Å². The number of hydrogen-bond acceptors (Lipinski definition) is 5. The maximum Gasteiger partial charge on any atom is 0.313 e. The van der Waals surface area contributed by atoms with Gasteiger partial charge >= 0.3 is 11.8 Å². The standard InChI is InChI=1S/C18H21N5O4/c1-12-2-4-13(5-3-12)20-17(26)18(27)22-7-8-23-14(11-22)10-15(21-23)16(25)19-6-9-24/h2-5,10,24H,6-9,11H2,1H3,(H,19,25)(H,20,26). The molecule has 9 heteroatoms. The molecule has 0 bridgehead atoms. The van der Waals surface area contributed by atoms with E-state index in [1.807, 2.05) is 19.1 Å². The first kappa shape index (κ1) is 18.6. The van der Waals surface area contributed by atoms with E-state index in [1.165, 1.54) is 4.90 Å². The fraction of sp³-hybridized carbons (Fsp3) is 0.333. The number of benzene rings is 1. The molecule has 3 N–H and O–H groups in total. The minimum atomic E-state index is -0.701. The number of anilines is 1. The van der Waals surface area contributed by atoms with Crippen LogP contribution in [0, 0.1) is 6.92 Å². The third kappa shape index (κ3) is 4.32. The minimum absolute atomic E-state index is 0.144. The van der Waals surface area contributed by atoms with Crippen molar-refractivity contribution in [2.75, 3.05) is 25.0 Å². The second kappa shape index (κ2) is 8.00. The lowest BCUT2D eigenvalue weighted by Gasteiger charge is -2.27. The van der Waals surface area contributed by atoms with Crippen LogP contribution in [0.1, 0.15) is 21.7 Å². The summed E-state index contributed by atoms with van der Waals surface area (Å²) in [6.45, 7) is 2.84. The predicted octanol–water partition coefficient (Wildman–Crippen LogP) is -0.105. The molecule has 1 aromatic heterocycles. The summed E-state index contributed by atoms with van der Waals surface area (Å²) < 4.78 is 1.65. The highest BCUT2D eigenvalue weighted by molar-refractivity contribution is 6.39. The Morgan fingerprint density at radius 3 is 2.63 bits per heavy atom. The van der Waals surface area contributed by atoms with E-state index in [4.69, 9.17) is 5.11 Å². The van der Waals surface area contributed by atoms with Crippen molar-refractivity contribution < 1.29 is 19.5 Å². The third-order valence-electron chi connectivity index (χ3n) is 4.22. The van der Waals surface area contributed by atoms with Gasteiger partial charge in [-0.05, 0) is 25.1 Å². The molecule has 9 nitrogen and oxygen atoms in total. The number of aliphatic hydroxyl groups excluding tert-OH is 1. The molecule has 142 valence electrons.